The predicted molar refractivity (Wildman–Crippen MR) is 37.6 cm³/mol. The Hall–Kier alpha value is -0.120. The molecule has 1 saturated heterocycles. The topological polar surface area (TPSA) is 41.3 Å². The molecule has 0 saturated carbocycles. The summed E-state index contributed by atoms with van der Waals surface area (Å²) >= 11 is 0. The van der Waals surface area contributed by atoms with Crippen molar-refractivity contribution in [2.75, 3.05) is 6.54 Å². The maximum atomic E-state index is 5.73. The van der Waals surface area contributed by atoms with E-state index >= 15 is 0 Å². The Balaban J connectivity index is 2.62. The lowest BCUT2D eigenvalue weighted by molar-refractivity contribution is 0.127. The first-order chi connectivity index (χ1) is 4.04. The average Bonchev–Trinajstić information content (AvgIpc) is 1.97. The minimum absolute atomic E-state index is 0.0145. The van der Waals surface area contributed by atoms with Crippen LogP contribution in [0.3, 0.4) is 0 Å². The van der Waals surface area contributed by atoms with Crippen LogP contribution < -0.4 is 11.2 Å². The zero-order valence-electron chi connectivity index (χ0n) is 6.31. The molecule has 0 aliphatic carbocycles. The monoisotopic (exact) mass is 129 g/mol. The third kappa shape index (κ3) is 1.08. The fraction of sp³-hybridized carbons (Fsp3) is 1.00. The first kappa shape index (κ1) is 6.99. The van der Waals surface area contributed by atoms with E-state index in [2.05, 4.69) is 26.1 Å². The Labute approximate surface area is 56.2 Å². The number of hydrogen-bond acceptors (Lipinski definition) is 3. The van der Waals surface area contributed by atoms with Gasteiger partial charge in [0.15, 0.2) is 0 Å². The maximum absolute atomic E-state index is 5.73. The number of hydrazine groups is 1. The van der Waals surface area contributed by atoms with Crippen LogP contribution in [0, 0.1) is 0 Å². The summed E-state index contributed by atoms with van der Waals surface area (Å²) in [5, 5.41) is 5.15. The molecule has 0 aromatic carbocycles. The molecule has 1 atom stereocenters. The number of nitrogens with zero attached hydrogens (tertiary/aromatic N) is 1. The van der Waals surface area contributed by atoms with Gasteiger partial charge in [0, 0.05) is 12.6 Å². The quantitative estimate of drug-likeness (QED) is 0.448. The highest BCUT2D eigenvalue weighted by Gasteiger charge is 2.33. The van der Waals surface area contributed by atoms with Crippen LogP contribution in [-0.2, 0) is 0 Å². The summed E-state index contributed by atoms with van der Waals surface area (Å²) in [4.78, 5) is 0. The molecule has 1 fully saturated rings. The molecule has 9 heavy (non-hydrogen) atoms. The standard InChI is InChI=1S/C6H15N3/c1-5-4-8-6(2,3)9(5)7/h5,8H,4,7H2,1-3H3. The Morgan fingerprint density at radius 2 is 2.22 bits per heavy atom. The van der Waals surface area contributed by atoms with Crippen molar-refractivity contribution in [3.05, 3.63) is 0 Å². The van der Waals surface area contributed by atoms with Gasteiger partial charge < -0.3 is 0 Å². The minimum Gasteiger partial charge on any atom is -0.297 e. The molecular weight excluding hydrogens is 114 g/mol. The molecule has 1 aliphatic rings. The maximum Gasteiger partial charge on any atom is 0.0790 e. The minimum atomic E-state index is -0.0145. The largest absolute Gasteiger partial charge is 0.297 e. The molecular formula is C6H15N3. The van der Waals surface area contributed by atoms with E-state index < -0.39 is 0 Å². The third-order valence-electron chi connectivity index (χ3n) is 1.95. The normalized spacial score (nSPS) is 35.3. The van der Waals surface area contributed by atoms with Crippen molar-refractivity contribution >= 4 is 0 Å². The summed E-state index contributed by atoms with van der Waals surface area (Å²) in [7, 11) is 0. The van der Waals surface area contributed by atoms with E-state index in [1.54, 1.807) is 0 Å². The van der Waals surface area contributed by atoms with Crippen LogP contribution in [-0.4, -0.2) is 23.3 Å². The summed E-state index contributed by atoms with van der Waals surface area (Å²) in [5.74, 6) is 5.73. The van der Waals surface area contributed by atoms with Crippen LogP contribution in [0.1, 0.15) is 20.8 Å². The molecule has 3 N–H and O–H groups in total. The second-order valence-corrected chi connectivity index (χ2v) is 3.20. The molecule has 1 rings (SSSR count). The van der Waals surface area contributed by atoms with Crippen molar-refractivity contribution in [2.45, 2.75) is 32.5 Å². The zero-order valence-corrected chi connectivity index (χ0v) is 6.31. The van der Waals surface area contributed by atoms with Gasteiger partial charge >= 0.3 is 0 Å². The van der Waals surface area contributed by atoms with E-state index in [9.17, 15) is 0 Å². The number of nitrogens with one attached hydrogen (secondary N) is 1. The second kappa shape index (κ2) is 1.94. The second-order valence-electron chi connectivity index (χ2n) is 3.20. The molecule has 3 nitrogen and oxygen atoms in total. The van der Waals surface area contributed by atoms with Crippen LogP contribution in [0.15, 0.2) is 0 Å². The van der Waals surface area contributed by atoms with Crippen molar-refractivity contribution in [1.82, 2.24) is 10.3 Å². The summed E-state index contributed by atoms with van der Waals surface area (Å²) in [6, 6.07) is 0.458. The highest BCUT2D eigenvalue weighted by Crippen LogP contribution is 2.15. The van der Waals surface area contributed by atoms with Crippen molar-refractivity contribution in [3.8, 4) is 0 Å². The molecule has 0 aromatic rings. The smallest absolute Gasteiger partial charge is 0.0790 e. The summed E-state index contributed by atoms with van der Waals surface area (Å²) in [6.07, 6.45) is 0. The van der Waals surface area contributed by atoms with Crippen LogP contribution in [0.25, 0.3) is 0 Å². The van der Waals surface area contributed by atoms with Gasteiger partial charge in [-0.1, -0.05) is 0 Å². The molecule has 0 spiro atoms. The van der Waals surface area contributed by atoms with Gasteiger partial charge in [0.1, 0.15) is 0 Å². The van der Waals surface area contributed by atoms with Gasteiger partial charge in [-0.3, -0.25) is 11.2 Å². The first-order valence-corrected chi connectivity index (χ1v) is 3.33. The van der Waals surface area contributed by atoms with Crippen molar-refractivity contribution in [3.63, 3.8) is 0 Å². The van der Waals surface area contributed by atoms with Gasteiger partial charge in [0.05, 0.1) is 5.66 Å². The Kier molecular flexibility index (Phi) is 1.50. The average molecular weight is 129 g/mol. The molecule has 1 aliphatic heterocycles. The molecule has 0 radical (unpaired) electrons. The molecule has 54 valence electrons. The van der Waals surface area contributed by atoms with Gasteiger partial charge in [-0.2, -0.15) is 0 Å². The molecule has 0 amide bonds. The van der Waals surface area contributed by atoms with Crippen LogP contribution in [0.5, 0.6) is 0 Å². The lowest BCUT2D eigenvalue weighted by atomic mass is 10.2. The van der Waals surface area contributed by atoms with Crippen LogP contribution >= 0.6 is 0 Å². The summed E-state index contributed by atoms with van der Waals surface area (Å²) in [5.41, 5.74) is -0.0145. The van der Waals surface area contributed by atoms with Gasteiger partial charge in [0.25, 0.3) is 0 Å². The van der Waals surface area contributed by atoms with Gasteiger partial charge in [-0.15, -0.1) is 0 Å². The SMILES string of the molecule is CC1CNC(C)(C)N1N. The van der Waals surface area contributed by atoms with Gasteiger partial charge in [0.2, 0.25) is 0 Å². The molecule has 1 unspecified atom stereocenters. The highest BCUT2D eigenvalue weighted by atomic mass is 15.5. The van der Waals surface area contributed by atoms with Crippen molar-refractivity contribution in [2.24, 2.45) is 5.84 Å². The van der Waals surface area contributed by atoms with Crippen LogP contribution in [0.2, 0.25) is 0 Å². The Morgan fingerprint density at radius 3 is 2.33 bits per heavy atom. The number of hydrogen-bond donors (Lipinski definition) is 2. The zero-order chi connectivity index (χ0) is 7.07. The molecule has 0 bridgehead atoms. The molecule has 3 heteroatoms. The Bertz CT molecular complexity index is 111. The van der Waals surface area contributed by atoms with E-state index in [4.69, 9.17) is 5.84 Å². The predicted octanol–water partition coefficient (Wildman–Crippen LogP) is -0.110. The summed E-state index contributed by atoms with van der Waals surface area (Å²) < 4.78 is 0. The van der Waals surface area contributed by atoms with Crippen molar-refractivity contribution in [1.29, 1.82) is 0 Å². The lowest BCUT2D eigenvalue weighted by Crippen LogP contribution is -2.51. The van der Waals surface area contributed by atoms with Crippen LogP contribution in [0.4, 0.5) is 0 Å². The number of nitrogens with two attached hydrogens (primary N) is 1. The Morgan fingerprint density at radius 1 is 1.67 bits per heavy atom. The fourth-order valence-electron chi connectivity index (χ4n) is 1.14. The van der Waals surface area contributed by atoms with E-state index in [0.717, 1.165) is 6.54 Å². The summed E-state index contributed by atoms with van der Waals surface area (Å²) in [6.45, 7) is 7.26. The van der Waals surface area contributed by atoms with E-state index in [1.165, 1.54) is 0 Å². The molecule has 0 aromatic heterocycles. The van der Waals surface area contributed by atoms with E-state index in [0.29, 0.717) is 6.04 Å². The first-order valence-electron chi connectivity index (χ1n) is 3.33. The highest BCUT2D eigenvalue weighted by molar-refractivity contribution is 4.87. The lowest BCUT2D eigenvalue weighted by Gasteiger charge is -2.28. The van der Waals surface area contributed by atoms with E-state index in [1.807, 2.05) is 5.01 Å². The van der Waals surface area contributed by atoms with Gasteiger partial charge in [-0.05, 0) is 20.8 Å². The van der Waals surface area contributed by atoms with E-state index in [-0.39, 0.29) is 5.66 Å². The third-order valence-corrected chi connectivity index (χ3v) is 1.95. The fourth-order valence-corrected chi connectivity index (χ4v) is 1.14. The molecule has 1 heterocycles. The van der Waals surface area contributed by atoms with Gasteiger partial charge in [-0.25, -0.2) is 5.01 Å². The van der Waals surface area contributed by atoms with Crippen molar-refractivity contribution < 1.29 is 0 Å². The number of rotatable bonds is 0.